The van der Waals surface area contributed by atoms with Crippen molar-refractivity contribution in [2.75, 3.05) is 25.4 Å². The zero-order valence-corrected chi connectivity index (χ0v) is 13.7. The summed E-state index contributed by atoms with van der Waals surface area (Å²) in [6.45, 7) is 4.23. The predicted molar refractivity (Wildman–Crippen MR) is 82.6 cm³/mol. The third-order valence-corrected chi connectivity index (χ3v) is 4.54. The zero-order chi connectivity index (χ0) is 16.0. The first-order valence-electron chi connectivity index (χ1n) is 6.75. The monoisotopic (exact) mass is 314 g/mol. The summed E-state index contributed by atoms with van der Waals surface area (Å²) in [6, 6.07) is 4.89. The van der Waals surface area contributed by atoms with Gasteiger partial charge in [0, 0.05) is 13.6 Å². The molecule has 0 saturated carbocycles. The fourth-order valence-electron chi connectivity index (χ4n) is 1.74. The number of nitrogens with zero attached hydrogens (tertiary/aromatic N) is 1. The number of hydrogen-bond acceptors (Lipinski definition) is 4. The molecule has 21 heavy (non-hydrogen) atoms. The van der Waals surface area contributed by atoms with E-state index in [0.717, 1.165) is 18.4 Å². The number of aryl methyl sites for hydroxylation is 1. The van der Waals surface area contributed by atoms with Gasteiger partial charge in [-0.05, 0) is 25.5 Å². The fourth-order valence-corrected chi connectivity index (χ4v) is 2.72. The summed E-state index contributed by atoms with van der Waals surface area (Å²) in [5.41, 5.74) is 1.26. The molecular weight excluding hydrogens is 292 g/mol. The lowest BCUT2D eigenvalue weighted by molar-refractivity contribution is 0.0602. The largest absolute Gasteiger partial charge is 0.465 e. The van der Waals surface area contributed by atoms with Gasteiger partial charge < -0.3 is 4.74 Å². The Morgan fingerprint density at radius 1 is 1.38 bits per heavy atom. The number of nitrogens with one attached hydrogen (secondary N) is 1. The van der Waals surface area contributed by atoms with E-state index >= 15 is 0 Å². The maximum absolute atomic E-state index is 12.2. The summed E-state index contributed by atoms with van der Waals surface area (Å²) in [5.74, 6) is -0.576. The molecule has 0 bridgehead atoms. The molecule has 1 aromatic rings. The molecule has 1 aromatic carbocycles. The molecule has 7 heteroatoms. The third kappa shape index (κ3) is 4.71. The molecule has 0 spiro atoms. The van der Waals surface area contributed by atoms with E-state index in [1.807, 2.05) is 13.8 Å². The normalized spacial score (nSPS) is 11.5. The molecule has 1 rings (SSSR count). The lowest BCUT2D eigenvalue weighted by Gasteiger charge is -2.19. The van der Waals surface area contributed by atoms with Crippen LogP contribution in [-0.4, -0.2) is 39.4 Å². The second-order valence-corrected chi connectivity index (χ2v) is 6.60. The van der Waals surface area contributed by atoms with Crippen molar-refractivity contribution in [3.05, 3.63) is 29.3 Å². The highest BCUT2D eigenvalue weighted by Gasteiger charge is 2.21. The maximum atomic E-state index is 12.2. The van der Waals surface area contributed by atoms with E-state index in [4.69, 9.17) is 0 Å². The molecule has 0 aliphatic heterocycles. The van der Waals surface area contributed by atoms with Crippen molar-refractivity contribution in [3.8, 4) is 0 Å². The van der Waals surface area contributed by atoms with E-state index in [0.29, 0.717) is 6.54 Å². The van der Waals surface area contributed by atoms with Gasteiger partial charge in [-0.15, -0.1) is 0 Å². The second-order valence-electron chi connectivity index (χ2n) is 4.82. The molecule has 0 radical (unpaired) electrons. The van der Waals surface area contributed by atoms with Gasteiger partial charge in [0.1, 0.15) is 0 Å². The highest BCUT2D eigenvalue weighted by molar-refractivity contribution is 7.90. The lowest BCUT2D eigenvalue weighted by atomic mass is 10.1. The Morgan fingerprint density at radius 2 is 2.05 bits per heavy atom. The quantitative estimate of drug-likeness (QED) is 0.783. The number of unbranched alkanes of at least 4 members (excludes halogenated alkanes) is 1. The first-order chi connectivity index (χ1) is 9.81. The molecule has 0 aromatic heterocycles. The van der Waals surface area contributed by atoms with Crippen LogP contribution in [0, 0.1) is 6.92 Å². The smallest absolute Gasteiger partial charge is 0.340 e. The van der Waals surface area contributed by atoms with Crippen molar-refractivity contribution < 1.29 is 17.9 Å². The average Bonchev–Trinajstić information content (AvgIpc) is 2.45. The Hall–Kier alpha value is -1.60. The number of benzene rings is 1. The number of rotatable bonds is 7. The minimum absolute atomic E-state index is 0.199. The third-order valence-electron chi connectivity index (χ3n) is 3.06. The molecule has 118 valence electrons. The molecule has 0 saturated heterocycles. The van der Waals surface area contributed by atoms with E-state index in [1.165, 1.54) is 18.5 Å². The zero-order valence-electron chi connectivity index (χ0n) is 12.8. The second kappa shape index (κ2) is 7.42. The van der Waals surface area contributed by atoms with Crippen LogP contribution in [0.4, 0.5) is 5.69 Å². The number of carbonyl (C=O) groups is 1. The molecular formula is C14H22N2O4S. The van der Waals surface area contributed by atoms with Crippen molar-refractivity contribution in [2.45, 2.75) is 26.7 Å². The van der Waals surface area contributed by atoms with E-state index in [9.17, 15) is 13.2 Å². The Balaban J connectivity index is 3.04. The Labute approximate surface area is 126 Å². The first-order valence-corrected chi connectivity index (χ1v) is 8.19. The van der Waals surface area contributed by atoms with Crippen molar-refractivity contribution in [2.24, 2.45) is 0 Å². The number of methoxy groups -OCH3 is 1. The fraction of sp³-hybridized carbons (Fsp3) is 0.500. The van der Waals surface area contributed by atoms with E-state index in [-0.39, 0.29) is 11.3 Å². The Bertz CT molecular complexity index is 599. The summed E-state index contributed by atoms with van der Waals surface area (Å²) in [6.07, 6.45) is 1.67. The van der Waals surface area contributed by atoms with Gasteiger partial charge in [-0.2, -0.15) is 12.7 Å². The Kier molecular flexibility index (Phi) is 6.17. The molecule has 6 nitrogen and oxygen atoms in total. The van der Waals surface area contributed by atoms with Crippen LogP contribution < -0.4 is 4.72 Å². The van der Waals surface area contributed by atoms with Crippen LogP contribution in [0.5, 0.6) is 0 Å². The van der Waals surface area contributed by atoms with Gasteiger partial charge in [-0.1, -0.05) is 25.0 Å². The van der Waals surface area contributed by atoms with Crippen LogP contribution in [0.2, 0.25) is 0 Å². The van der Waals surface area contributed by atoms with Crippen LogP contribution in [0.25, 0.3) is 0 Å². The van der Waals surface area contributed by atoms with Gasteiger partial charge in [0.05, 0.1) is 18.4 Å². The topological polar surface area (TPSA) is 75.7 Å². The molecule has 0 fully saturated rings. The van der Waals surface area contributed by atoms with Crippen LogP contribution >= 0.6 is 0 Å². The summed E-state index contributed by atoms with van der Waals surface area (Å²) < 4.78 is 32.8. The predicted octanol–water partition coefficient (Wildman–Crippen LogP) is 2.17. The average molecular weight is 314 g/mol. The molecule has 0 aliphatic rings. The van der Waals surface area contributed by atoms with Crippen LogP contribution in [0.3, 0.4) is 0 Å². The van der Waals surface area contributed by atoms with Gasteiger partial charge in [0.15, 0.2) is 0 Å². The Morgan fingerprint density at radius 3 is 2.62 bits per heavy atom. The summed E-state index contributed by atoms with van der Waals surface area (Å²) in [5, 5.41) is 0. The number of anilines is 1. The SMILES string of the molecule is CCCCN(C)S(=O)(=O)Nc1ccc(C)cc1C(=O)OC. The van der Waals surface area contributed by atoms with Gasteiger partial charge in [-0.3, -0.25) is 4.72 Å². The van der Waals surface area contributed by atoms with Gasteiger partial charge in [0.2, 0.25) is 0 Å². The number of carbonyl (C=O) groups excluding carboxylic acids is 1. The highest BCUT2D eigenvalue weighted by Crippen LogP contribution is 2.20. The number of ether oxygens (including phenoxy) is 1. The van der Waals surface area contributed by atoms with Crippen molar-refractivity contribution >= 4 is 21.9 Å². The van der Waals surface area contributed by atoms with Crippen LogP contribution in [0.15, 0.2) is 18.2 Å². The summed E-state index contributed by atoms with van der Waals surface area (Å²) >= 11 is 0. The number of hydrogen-bond donors (Lipinski definition) is 1. The minimum Gasteiger partial charge on any atom is -0.465 e. The van der Waals surface area contributed by atoms with E-state index in [2.05, 4.69) is 9.46 Å². The highest BCUT2D eigenvalue weighted by atomic mass is 32.2. The molecule has 0 aliphatic carbocycles. The van der Waals surface area contributed by atoms with Gasteiger partial charge in [-0.25, -0.2) is 4.79 Å². The molecule has 0 heterocycles. The van der Waals surface area contributed by atoms with Gasteiger partial charge in [0.25, 0.3) is 0 Å². The standard InChI is InChI=1S/C14H22N2O4S/c1-5-6-9-16(3)21(18,19)15-13-8-7-11(2)10-12(13)14(17)20-4/h7-8,10,15H,5-6,9H2,1-4H3. The molecule has 0 amide bonds. The van der Waals surface area contributed by atoms with Crippen LogP contribution in [-0.2, 0) is 14.9 Å². The number of esters is 1. The molecule has 0 unspecified atom stereocenters. The summed E-state index contributed by atoms with van der Waals surface area (Å²) in [4.78, 5) is 11.7. The van der Waals surface area contributed by atoms with Crippen LogP contribution in [0.1, 0.15) is 35.7 Å². The van der Waals surface area contributed by atoms with Crippen molar-refractivity contribution in [3.63, 3.8) is 0 Å². The summed E-state index contributed by atoms with van der Waals surface area (Å²) in [7, 11) is -0.923. The van der Waals surface area contributed by atoms with E-state index < -0.39 is 16.2 Å². The van der Waals surface area contributed by atoms with Crippen molar-refractivity contribution in [1.29, 1.82) is 0 Å². The van der Waals surface area contributed by atoms with Gasteiger partial charge >= 0.3 is 16.2 Å². The molecule has 0 atom stereocenters. The van der Waals surface area contributed by atoms with E-state index in [1.54, 1.807) is 18.2 Å². The molecule has 1 N–H and O–H groups in total. The lowest BCUT2D eigenvalue weighted by Crippen LogP contribution is -2.33. The maximum Gasteiger partial charge on any atom is 0.340 e. The first kappa shape index (κ1) is 17.5. The van der Waals surface area contributed by atoms with Crippen molar-refractivity contribution in [1.82, 2.24) is 4.31 Å². The minimum atomic E-state index is -3.69.